The van der Waals surface area contributed by atoms with Crippen LogP contribution in [0.2, 0.25) is 5.02 Å². The smallest absolute Gasteiger partial charge is 0.271 e. The molecule has 0 aliphatic carbocycles. The molecule has 138 valence electrons. The number of carbonyl (C=O) groups excluding carboxylic acids is 1. The van der Waals surface area contributed by atoms with Gasteiger partial charge in [0.05, 0.1) is 32.3 Å². The van der Waals surface area contributed by atoms with E-state index in [9.17, 15) is 4.79 Å². The van der Waals surface area contributed by atoms with Gasteiger partial charge in [0.2, 0.25) is 0 Å². The Balaban J connectivity index is 1.72. The van der Waals surface area contributed by atoms with Gasteiger partial charge >= 0.3 is 0 Å². The Kier molecular flexibility index (Phi) is 5.73. The molecule has 3 rings (SSSR count). The molecule has 0 atom stereocenters. The average Bonchev–Trinajstić information content (AvgIpc) is 3.16. The molecule has 0 aliphatic rings. The lowest BCUT2D eigenvalue weighted by Crippen LogP contribution is -2.17. The van der Waals surface area contributed by atoms with Crippen LogP contribution in [0.3, 0.4) is 0 Å². The fourth-order valence-corrected chi connectivity index (χ4v) is 2.57. The highest BCUT2D eigenvalue weighted by molar-refractivity contribution is 6.30. The molecule has 0 aliphatic heterocycles. The molecule has 2 N–H and O–H groups in total. The Morgan fingerprint density at radius 1 is 1.15 bits per heavy atom. The second-order valence-electron chi connectivity index (χ2n) is 5.48. The summed E-state index contributed by atoms with van der Waals surface area (Å²) in [6, 6.07) is 12.2. The van der Waals surface area contributed by atoms with E-state index >= 15 is 0 Å². The number of nitrogens with one attached hydrogen (secondary N) is 2. The first kappa shape index (κ1) is 18.5. The highest BCUT2D eigenvalue weighted by Crippen LogP contribution is 2.27. The van der Waals surface area contributed by atoms with E-state index in [0.717, 1.165) is 16.8 Å². The number of H-pyrrole nitrogens is 1. The van der Waals surface area contributed by atoms with Crippen LogP contribution in [-0.2, 0) is 0 Å². The van der Waals surface area contributed by atoms with Gasteiger partial charge in [0.1, 0.15) is 0 Å². The topological polar surface area (TPSA) is 88.6 Å². The first-order chi connectivity index (χ1) is 13.1. The number of rotatable bonds is 6. The zero-order chi connectivity index (χ0) is 19.2. The van der Waals surface area contributed by atoms with Gasteiger partial charge in [-0.25, -0.2) is 5.43 Å². The number of ether oxygens (including phenoxy) is 2. The summed E-state index contributed by atoms with van der Waals surface area (Å²) < 4.78 is 10.4. The molecule has 0 fully saturated rings. The van der Waals surface area contributed by atoms with Crippen LogP contribution in [0.15, 0.2) is 53.8 Å². The molecule has 0 bridgehead atoms. The number of aromatic nitrogens is 2. The van der Waals surface area contributed by atoms with Crippen molar-refractivity contribution in [1.82, 2.24) is 15.6 Å². The van der Waals surface area contributed by atoms with E-state index in [0.29, 0.717) is 22.1 Å². The van der Waals surface area contributed by atoms with Gasteiger partial charge in [-0.05, 0) is 30.3 Å². The number of hydrazone groups is 1. The van der Waals surface area contributed by atoms with Crippen molar-refractivity contribution in [3.05, 3.63) is 64.8 Å². The van der Waals surface area contributed by atoms with Gasteiger partial charge in [0.25, 0.3) is 5.91 Å². The third-order valence-electron chi connectivity index (χ3n) is 3.82. The van der Waals surface area contributed by atoms with E-state index in [4.69, 9.17) is 21.1 Å². The molecule has 0 spiro atoms. The van der Waals surface area contributed by atoms with Gasteiger partial charge < -0.3 is 9.47 Å². The van der Waals surface area contributed by atoms with Gasteiger partial charge in [-0.15, -0.1) is 0 Å². The first-order valence-electron chi connectivity index (χ1n) is 7.97. The van der Waals surface area contributed by atoms with Crippen LogP contribution in [0.25, 0.3) is 11.3 Å². The van der Waals surface area contributed by atoms with Gasteiger partial charge in [0, 0.05) is 21.7 Å². The maximum atomic E-state index is 12.3. The Hall–Kier alpha value is -3.32. The highest BCUT2D eigenvalue weighted by atomic mass is 35.5. The third kappa shape index (κ3) is 4.27. The monoisotopic (exact) mass is 384 g/mol. The molecular formula is C19H17ClN4O3. The number of nitrogens with zero attached hydrogens (tertiary/aromatic N) is 2. The minimum atomic E-state index is -0.372. The SMILES string of the molecule is COc1ccc(C(=O)N/N=C/c2cn[nH]c2-c2ccc(Cl)cc2)cc1OC. The Labute approximate surface area is 161 Å². The van der Waals surface area contributed by atoms with Crippen LogP contribution in [-0.4, -0.2) is 36.5 Å². The zero-order valence-corrected chi connectivity index (χ0v) is 15.4. The number of halogens is 1. The summed E-state index contributed by atoms with van der Waals surface area (Å²) in [5.74, 6) is 0.640. The molecule has 0 radical (unpaired) electrons. The number of carbonyl (C=O) groups is 1. The van der Waals surface area contributed by atoms with E-state index in [1.807, 2.05) is 12.1 Å². The van der Waals surface area contributed by atoms with Crippen LogP contribution in [0, 0.1) is 0 Å². The molecule has 1 aromatic heterocycles. The summed E-state index contributed by atoms with van der Waals surface area (Å²) >= 11 is 5.91. The molecule has 7 nitrogen and oxygen atoms in total. The number of amides is 1. The highest BCUT2D eigenvalue weighted by Gasteiger charge is 2.10. The number of hydrogen-bond acceptors (Lipinski definition) is 5. The number of methoxy groups -OCH3 is 2. The summed E-state index contributed by atoms with van der Waals surface area (Å²) in [5.41, 5.74) is 5.29. The van der Waals surface area contributed by atoms with E-state index in [-0.39, 0.29) is 5.91 Å². The minimum absolute atomic E-state index is 0.372. The van der Waals surface area contributed by atoms with E-state index in [1.165, 1.54) is 20.4 Å². The van der Waals surface area contributed by atoms with Crippen LogP contribution in [0.4, 0.5) is 0 Å². The lowest BCUT2D eigenvalue weighted by Gasteiger charge is -2.08. The Bertz CT molecular complexity index is 967. The van der Waals surface area contributed by atoms with Crippen LogP contribution < -0.4 is 14.9 Å². The largest absolute Gasteiger partial charge is 0.493 e. The average molecular weight is 385 g/mol. The molecule has 0 unspecified atom stereocenters. The molecular weight excluding hydrogens is 368 g/mol. The first-order valence-corrected chi connectivity index (χ1v) is 8.35. The normalized spacial score (nSPS) is 10.8. The fourth-order valence-electron chi connectivity index (χ4n) is 2.44. The van der Waals surface area contributed by atoms with Crippen molar-refractivity contribution in [2.75, 3.05) is 14.2 Å². The maximum absolute atomic E-state index is 12.3. The minimum Gasteiger partial charge on any atom is -0.493 e. The number of hydrogen-bond donors (Lipinski definition) is 2. The molecule has 2 aromatic carbocycles. The lowest BCUT2D eigenvalue weighted by molar-refractivity contribution is 0.0954. The second-order valence-corrected chi connectivity index (χ2v) is 5.91. The standard InChI is InChI=1S/C19H17ClN4O3/c1-26-16-8-5-13(9-17(16)27-2)19(25)24-22-11-14-10-21-23-18(14)12-3-6-15(20)7-4-12/h3-11H,1-2H3,(H,21,23)(H,24,25)/b22-11+. The van der Waals surface area contributed by atoms with E-state index in [1.54, 1.807) is 36.5 Å². The predicted molar refractivity (Wildman–Crippen MR) is 104 cm³/mol. The van der Waals surface area contributed by atoms with Crippen molar-refractivity contribution in [2.45, 2.75) is 0 Å². The molecule has 8 heteroatoms. The van der Waals surface area contributed by atoms with Gasteiger partial charge in [-0.2, -0.15) is 10.2 Å². The van der Waals surface area contributed by atoms with E-state index < -0.39 is 0 Å². The lowest BCUT2D eigenvalue weighted by atomic mass is 10.1. The van der Waals surface area contributed by atoms with Crippen molar-refractivity contribution < 1.29 is 14.3 Å². The molecule has 3 aromatic rings. The predicted octanol–water partition coefficient (Wildman–Crippen LogP) is 3.51. The second kappa shape index (κ2) is 8.37. The quantitative estimate of drug-likeness (QED) is 0.502. The van der Waals surface area contributed by atoms with Gasteiger partial charge in [-0.3, -0.25) is 9.89 Å². The molecule has 27 heavy (non-hydrogen) atoms. The van der Waals surface area contributed by atoms with E-state index in [2.05, 4.69) is 20.7 Å². The summed E-state index contributed by atoms with van der Waals surface area (Å²) in [7, 11) is 3.04. The fraction of sp³-hybridized carbons (Fsp3) is 0.105. The van der Waals surface area contributed by atoms with Crippen LogP contribution >= 0.6 is 11.6 Å². The summed E-state index contributed by atoms with van der Waals surface area (Å²) in [6.07, 6.45) is 3.14. The van der Waals surface area contributed by atoms with Gasteiger partial charge in [0.15, 0.2) is 11.5 Å². The van der Waals surface area contributed by atoms with Gasteiger partial charge in [-0.1, -0.05) is 23.7 Å². The van der Waals surface area contributed by atoms with Crippen molar-refractivity contribution >= 4 is 23.7 Å². The molecule has 1 heterocycles. The summed E-state index contributed by atoms with van der Waals surface area (Å²) in [6.45, 7) is 0. The zero-order valence-electron chi connectivity index (χ0n) is 14.7. The van der Waals surface area contributed by atoms with Crippen molar-refractivity contribution in [3.63, 3.8) is 0 Å². The van der Waals surface area contributed by atoms with Crippen molar-refractivity contribution in [2.24, 2.45) is 5.10 Å². The molecule has 1 amide bonds. The summed E-state index contributed by atoms with van der Waals surface area (Å²) in [5, 5.41) is 11.6. The van der Waals surface area contributed by atoms with Crippen LogP contribution in [0.1, 0.15) is 15.9 Å². The van der Waals surface area contributed by atoms with Crippen LogP contribution in [0.5, 0.6) is 11.5 Å². The summed E-state index contributed by atoms with van der Waals surface area (Å²) in [4.78, 5) is 12.3. The third-order valence-corrected chi connectivity index (χ3v) is 4.07. The number of aromatic amines is 1. The number of benzene rings is 2. The maximum Gasteiger partial charge on any atom is 0.271 e. The van der Waals surface area contributed by atoms with Crippen molar-refractivity contribution in [3.8, 4) is 22.8 Å². The Morgan fingerprint density at radius 3 is 2.59 bits per heavy atom. The molecule has 0 saturated carbocycles. The Morgan fingerprint density at radius 2 is 1.89 bits per heavy atom. The van der Waals surface area contributed by atoms with Crippen molar-refractivity contribution in [1.29, 1.82) is 0 Å². The molecule has 0 saturated heterocycles.